The van der Waals surface area contributed by atoms with Gasteiger partial charge in [-0.2, -0.15) is 0 Å². The number of nitrogens with two attached hydrogens (primary N) is 2. The van der Waals surface area contributed by atoms with Crippen molar-refractivity contribution in [1.29, 1.82) is 10.8 Å². The first-order chi connectivity index (χ1) is 12.6. The van der Waals surface area contributed by atoms with Crippen LogP contribution < -0.4 is 20.9 Å². The number of hydrogen-bond acceptors (Lipinski definition) is 4. The van der Waals surface area contributed by atoms with E-state index < -0.39 is 0 Å². The molecular formula is C20H28N4O3. The zero-order valence-electron chi connectivity index (χ0n) is 15.3. The summed E-state index contributed by atoms with van der Waals surface area (Å²) >= 11 is 0. The first-order valence-corrected chi connectivity index (χ1v) is 8.71. The van der Waals surface area contributed by atoms with Crippen LogP contribution in [0.4, 0.5) is 0 Å². The van der Waals surface area contributed by atoms with Gasteiger partial charge in [-0.3, -0.25) is 10.8 Å². The smallest absolute Gasteiger partial charge is 0.122 e. The summed E-state index contributed by atoms with van der Waals surface area (Å²) in [5.74, 6) is 1.72. The molecule has 0 spiro atoms. The van der Waals surface area contributed by atoms with Crippen LogP contribution in [0.5, 0.6) is 11.5 Å². The van der Waals surface area contributed by atoms with Crippen LogP contribution >= 0.6 is 0 Å². The molecule has 0 heterocycles. The minimum Gasteiger partial charge on any atom is -0.494 e. The third kappa shape index (κ3) is 7.79. The molecule has 0 aliphatic carbocycles. The van der Waals surface area contributed by atoms with Crippen LogP contribution in [-0.2, 0) is 0 Å². The topological polar surface area (TPSA) is 150 Å². The van der Waals surface area contributed by atoms with Crippen molar-refractivity contribution in [2.45, 2.75) is 25.7 Å². The van der Waals surface area contributed by atoms with Crippen molar-refractivity contribution >= 4 is 11.7 Å². The number of ether oxygens (including phenoxy) is 2. The largest absolute Gasteiger partial charge is 0.494 e. The lowest BCUT2D eigenvalue weighted by molar-refractivity contribution is 0.287. The normalized spacial score (nSPS) is 9.93. The Morgan fingerprint density at radius 2 is 0.963 bits per heavy atom. The second kappa shape index (κ2) is 11.5. The summed E-state index contributed by atoms with van der Waals surface area (Å²) in [4.78, 5) is 0. The Balaban J connectivity index is 0.00000364. The average molecular weight is 372 g/mol. The Kier molecular flexibility index (Phi) is 9.39. The molecule has 0 unspecified atom stereocenters. The molecule has 2 rings (SSSR count). The quantitative estimate of drug-likeness (QED) is 0.272. The maximum absolute atomic E-state index is 7.35. The third-order valence-corrected chi connectivity index (χ3v) is 3.91. The Bertz CT molecular complexity index is 652. The van der Waals surface area contributed by atoms with E-state index in [-0.39, 0.29) is 17.1 Å². The highest BCUT2D eigenvalue weighted by Gasteiger charge is 1.99. The summed E-state index contributed by atoms with van der Waals surface area (Å²) in [5, 5.41) is 14.7. The van der Waals surface area contributed by atoms with E-state index in [1.165, 1.54) is 0 Å². The van der Waals surface area contributed by atoms with Crippen molar-refractivity contribution in [3.63, 3.8) is 0 Å². The molecular weight excluding hydrogens is 344 g/mol. The number of rotatable bonds is 11. The van der Waals surface area contributed by atoms with E-state index in [2.05, 4.69) is 0 Å². The van der Waals surface area contributed by atoms with E-state index in [0.29, 0.717) is 24.3 Å². The van der Waals surface area contributed by atoms with Crippen molar-refractivity contribution in [3.05, 3.63) is 59.7 Å². The highest BCUT2D eigenvalue weighted by Crippen LogP contribution is 2.14. The zero-order valence-corrected chi connectivity index (χ0v) is 15.3. The Hall–Kier alpha value is -3.06. The second-order valence-corrected chi connectivity index (χ2v) is 5.99. The standard InChI is InChI=1S/C20H26N4O2.H2O/c21-19(22)15-5-9-17(10-6-15)25-13-3-1-2-4-14-26-18-11-7-16(8-12-18)20(23)24;/h5-12H,1-4,13-14H2,(H3,21,22)(H3,23,24);1H2. The number of nitrogen functional groups attached to an aromatic ring is 2. The first kappa shape index (κ1) is 22.0. The van der Waals surface area contributed by atoms with Crippen LogP contribution in [0.2, 0.25) is 0 Å². The van der Waals surface area contributed by atoms with Crippen molar-refractivity contribution in [2.24, 2.45) is 11.5 Å². The molecule has 0 atom stereocenters. The molecule has 146 valence electrons. The molecule has 0 saturated carbocycles. The fourth-order valence-electron chi connectivity index (χ4n) is 2.40. The molecule has 2 aromatic rings. The van der Waals surface area contributed by atoms with Gasteiger partial charge in [-0.1, -0.05) is 0 Å². The van der Waals surface area contributed by atoms with Gasteiger partial charge in [-0.05, 0) is 74.2 Å². The van der Waals surface area contributed by atoms with Crippen LogP contribution in [0.3, 0.4) is 0 Å². The van der Waals surface area contributed by atoms with Crippen LogP contribution in [0.15, 0.2) is 48.5 Å². The SMILES string of the molecule is N=C(N)c1ccc(OCCCCCCOc2ccc(C(=N)N)cc2)cc1.O. The molecule has 0 amide bonds. The van der Waals surface area contributed by atoms with Gasteiger partial charge in [0.1, 0.15) is 23.2 Å². The maximum atomic E-state index is 7.35. The number of unbranched alkanes of at least 4 members (excludes halogenated alkanes) is 3. The van der Waals surface area contributed by atoms with Gasteiger partial charge in [0.2, 0.25) is 0 Å². The molecule has 0 saturated heterocycles. The second-order valence-electron chi connectivity index (χ2n) is 5.99. The molecule has 0 radical (unpaired) electrons. The Morgan fingerprint density at radius 1 is 0.630 bits per heavy atom. The highest BCUT2D eigenvalue weighted by molar-refractivity contribution is 5.95. The van der Waals surface area contributed by atoms with Gasteiger partial charge in [0.25, 0.3) is 0 Å². The highest BCUT2D eigenvalue weighted by atomic mass is 16.5. The van der Waals surface area contributed by atoms with Crippen molar-refractivity contribution in [2.75, 3.05) is 13.2 Å². The fourth-order valence-corrected chi connectivity index (χ4v) is 2.40. The summed E-state index contributed by atoms with van der Waals surface area (Å²) < 4.78 is 11.4. The first-order valence-electron chi connectivity index (χ1n) is 8.71. The summed E-state index contributed by atoms with van der Waals surface area (Å²) in [6.07, 6.45) is 4.14. The van der Waals surface area contributed by atoms with Crippen molar-refractivity contribution in [3.8, 4) is 11.5 Å². The Labute approximate surface area is 159 Å². The predicted octanol–water partition coefficient (Wildman–Crippen LogP) is 2.45. The molecule has 8 N–H and O–H groups in total. The summed E-state index contributed by atoms with van der Waals surface area (Å²) in [5.41, 5.74) is 12.2. The molecule has 7 heteroatoms. The number of benzene rings is 2. The van der Waals surface area contributed by atoms with Crippen LogP contribution in [0.1, 0.15) is 36.8 Å². The zero-order chi connectivity index (χ0) is 18.8. The molecule has 0 aliphatic rings. The monoisotopic (exact) mass is 372 g/mol. The van der Waals surface area contributed by atoms with Crippen LogP contribution in [-0.4, -0.2) is 30.4 Å². The molecule has 0 bridgehead atoms. The maximum Gasteiger partial charge on any atom is 0.122 e. The lowest BCUT2D eigenvalue weighted by Crippen LogP contribution is -2.10. The number of amidine groups is 2. The number of nitrogens with one attached hydrogen (secondary N) is 2. The van der Waals surface area contributed by atoms with Gasteiger partial charge < -0.3 is 26.4 Å². The predicted molar refractivity (Wildman–Crippen MR) is 108 cm³/mol. The van der Waals surface area contributed by atoms with Crippen molar-refractivity contribution in [1.82, 2.24) is 0 Å². The minimum atomic E-state index is 0. The number of hydrogen-bond donors (Lipinski definition) is 4. The van der Waals surface area contributed by atoms with E-state index >= 15 is 0 Å². The van der Waals surface area contributed by atoms with Gasteiger partial charge in [-0.25, -0.2) is 0 Å². The summed E-state index contributed by atoms with van der Waals surface area (Å²) in [6, 6.07) is 14.5. The molecule has 2 aromatic carbocycles. The fraction of sp³-hybridized carbons (Fsp3) is 0.300. The molecule has 7 nitrogen and oxygen atoms in total. The van der Waals surface area contributed by atoms with Crippen LogP contribution in [0.25, 0.3) is 0 Å². The van der Waals surface area contributed by atoms with E-state index in [9.17, 15) is 0 Å². The van der Waals surface area contributed by atoms with E-state index in [1.807, 2.05) is 24.3 Å². The van der Waals surface area contributed by atoms with Gasteiger partial charge in [0, 0.05) is 11.1 Å². The van der Waals surface area contributed by atoms with E-state index in [1.54, 1.807) is 24.3 Å². The molecule has 0 aromatic heterocycles. The lowest BCUT2D eigenvalue weighted by Gasteiger charge is -2.08. The third-order valence-electron chi connectivity index (χ3n) is 3.91. The molecule has 0 fully saturated rings. The average Bonchev–Trinajstić information content (AvgIpc) is 2.64. The summed E-state index contributed by atoms with van der Waals surface area (Å²) in [6.45, 7) is 1.35. The van der Waals surface area contributed by atoms with Gasteiger partial charge in [0.15, 0.2) is 0 Å². The van der Waals surface area contributed by atoms with Gasteiger partial charge in [-0.15, -0.1) is 0 Å². The summed E-state index contributed by atoms with van der Waals surface area (Å²) in [7, 11) is 0. The minimum absolute atomic E-state index is 0. The van der Waals surface area contributed by atoms with Gasteiger partial charge in [0.05, 0.1) is 13.2 Å². The van der Waals surface area contributed by atoms with Crippen molar-refractivity contribution < 1.29 is 14.9 Å². The Morgan fingerprint density at radius 3 is 1.26 bits per heavy atom. The van der Waals surface area contributed by atoms with Crippen LogP contribution in [0, 0.1) is 10.8 Å². The lowest BCUT2D eigenvalue weighted by atomic mass is 10.2. The van der Waals surface area contributed by atoms with Gasteiger partial charge >= 0.3 is 0 Å². The van der Waals surface area contributed by atoms with E-state index in [0.717, 1.165) is 37.2 Å². The molecule has 27 heavy (non-hydrogen) atoms. The van der Waals surface area contributed by atoms with E-state index in [4.69, 9.17) is 31.8 Å². The molecule has 0 aliphatic heterocycles.